The van der Waals surface area contributed by atoms with Gasteiger partial charge in [-0.2, -0.15) is 5.26 Å². The zero-order valence-electron chi connectivity index (χ0n) is 8.36. The maximum absolute atomic E-state index is 8.45. The highest BCUT2D eigenvalue weighted by Crippen LogP contribution is 2.41. The van der Waals surface area contributed by atoms with Crippen LogP contribution in [0.5, 0.6) is 0 Å². The molecular formula is C10H19N. The van der Waals surface area contributed by atoms with Crippen molar-refractivity contribution in [2.45, 2.75) is 47.5 Å². The van der Waals surface area contributed by atoms with Crippen molar-refractivity contribution >= 4 is 0 Å². The van der Waals surface area contributed by atoms with Crippen LogP contribution in [-0.2, 0) is 0 Å². The van der Waals surface area contributed by atoms with Crippen LogP contribution in [0.15, 0.2) is 0 Å². The number of nitrogens with zero attached hydrogens (tertiary/aromatic N) is 1. The summed E-state index contributed by atoms with van der Waals surface area (Å²) in [4.78, 5) is 0. The molecule has 0 saturated heterocycles. The van der Waals surface area contributed by atoms with E-state index in [1.807, 2.05) is 0 Å². The quantitative estimate of drug-likeness (QED) is 0.596. The normalized spacial score (nSPS) is 12.7. The first-order valence-electron chi connectivity index (χ1n) is 4.18. The minimum absolute atomic E-state index is 0.267. The van der Waals surface area contributed by atoms with Crippen LogP contribution in [0.4, 0.5) is 0 Å². The Labute approximate surface area is 70.4 Å². The van der Waals surface area contributed by atoms with Crippen molar-refractivity contribution < 1.29 is 0 Å². The summed E-state index contributed by atoms with van der Waals surface area (Å²) in [6.07, 6.45) is 1.66. The number of nitriles is 1. The molecule has 0 rings (SSSR count). The van der Waals surface area contributed by atoms with Gasteiger partial charge in [-0.1, -0.05) is 34.6 Å². The second-order valence-corrected chi connectivity index (χ2v) is 4.79. The molecule has 0 heterocycles. The van der Waals surface area contributed by atoms with E-state index < -0.39 is 0 Å². The monoisotopic (exact) mass is 153 g/mol. The van der Waals surface area contributed by atoms with E-state index in [1.54, 1.807) is 0 Å². The zero-order valence-corrected chi connectivity index (χ0v) is 8.36. The summed E-state index contributed by atoms with van der Waals surface area (Å²) in [5.41, 5.74) is 0.562. The van der Waals surface area contributed by atoms with Gasteiger partial charge < -0.3 is 0 Å². The fourth-order valence-corrected chi connectivity index (χ4v) is 0.743. The summed E-state index contributed by atoms with van der Waals surface area (Å²) in [7, 11) is 0. The Morgan fingerprint density at radius 1 is 1.09 bits per heavy atom. The Kier molecular flexibility index (Phi) is 3.11. The van der Waals surface area contributed by atoms with Gasteiger partial charge in [-0.15, -0.1) is 0 Å². The summed E-state index contributed by atoms with van der Waals surface area (Å²) in [6.45, 7) is 11.1. The lowest BCUT2D eigenvalue weighted by molar-refractivity contribution is 0.122. The van der Waals surface area contributed by atoms with Gasteiger partial charge in [0.2, 0.25) is 0 Å². The molecule has 0 radical (unpaired) electrons. The van der Waals surface area contributed by atoms with E-state index in [-0.39, 0.29) is 5.41 Å². The van der Waals surface area contributed by atoms with Crippen LogP contribution in [0.25, 0.3) is 0 Å². The first-order chi connectivity index (χ1) is 4.81. The molecular weight excluding hydrogens is 134 g/mol. The third kappa shape index (κ3) is 2.93. The Hall–Kier alpha value is -0.510. The predicted octanol–water partition coefficient (Wildman–Crippen LogP) is 3.36. The molecule has 0 bridgehead atoms. The van der Waals surface area contributed by atoms with Crippen molar-refractivity contribution in [3.8, 4) is 6.07 Å². The topological polar surface area (TPSA) is 23.8 Å². The van der Waals surface area contributed by atoms with Gasteiger partial charge >= 0.3 is 0 Å². The van der Waals surface area contributed by atoms with Crippen molar-refractivity contribution in [3.63, 3.8) is 0 Å². The van der Waals surface area contributed by atoms with Crippen LogP contribution in [-0.4, -0.2) is 0 Å². The average Bonchev–Trinajstić information content (AvgIpc) is 1.81. The fourth-order valence-electron chi connectivity index (χ4n) is 0.743. The van der Waals surface area contributed by atoms with Crippen molar-refractivity contribution in [1.82, 2.24) is 0 Å². The van der Waals surface area contributed by atoms with Crippen LogP contribution in [0, 0.1) is 22.2 Å². The summed E-state index contributed by atoms with van der Waals surface area (Å²) < 4.78 is 0. The van der Waals surface area contributed by atoms with E-state index in [2.05, 4.69) is 40.7 Å². The second-order valence-electron chi connectivity index (χ2n) is 4.79. The summed E-state index contributed by atoms with van der Waals surface area (Å²) in [6, 6.07) is 2.20. The maximum atomic E-state index is 8.45. The van der Waals surface area contributed by atoms with Gasteiger partial charge in [0.15, 0.2) is 0 Å². The minimum atomic E-state index is 0.267. The Bertz CT molecular complexity index is 155. The number of rotatable bonds is 2. The SMILES string of the molecule is CC(C)(C)C(C)(C)CCC#N. The van der Waals surface area contributed by atoms with Gasteiger partial charge in [0.1, 0.15) is 0 Å². The second kappa shape index (κ2) is 3.26. The highest BCUT2D eigenvalue weighted by Gasteiger charge is 2.31. The maximum Gasteiger partial charge on any atom is 0.0621 e. The third-order valence-electron chi connectivity index (χ3n) is 2.89. The van der Waals surface area contributed by atoms with Crippen molar-refractivity contribution in [3.05, 3.63) is 0 Å². The highest BCUT2D eigenvalue weighted by atomic mass is 14.4. The van der Waals surface area contributed by atoms with Gasteiger partial charge in [0.25, 0.3) is 0 Å². The van der Waals surface area contributed by atoms with Gasteiger partial charge in [-0.3, -0.25) is 0 Å². The summed E-state index contributed by atoms with van der Waals surface area (Å²) in [5, 5.41) is 8.45. The first kappa shape index (κ1) is 10.5. The van der Waals surface area contributed by atoms with Crippen LogP contribution >= 0.6 is 0 Å². The molecule has 0 aromatic heterocycles. The van der Waals surface area contributed by atoms with Crippen molar-refractivity contribution in [1.29, 1.82) is 5.26 Å². The molecule has 0 unspecified atom stereocenters. The van der Waals surface area contributed by atoms with E-state index in [0.29, 0.717) is 11.8 Å². The summed E-state index contributed by atoms with van der Waals surface area (Å²) >= 11 is 0. The lowest BCUT2D eigenvalue weighted by Crippen LogP contribution is -2.29. The van der Waals surface area contributed by atoms with Gasteiger partial charge in [-0.25, -0.2) is 0 Å². The lowest BCUT2D eigenvalue weighted by atomic mass is 9.67. The van der Waals surface area contributed by atoms with Crippen molar-refractivity contribution in [2.75, 3.05) is 0 Å². The third-order valence-corrected chi connectivity index (χ3v) is 2.89. The predicted molar refractivity (Wildman–Crippen MR) is 48.1 cm³/mol. The molecule has 0 aromatic carbocycles. The number of hydrogen-bond donors (Lipinski definition) is 0. The molecule has 0 saturated carbocycles. The van der Waals surface area contributed by atoms with Crippen LogP contribution in [0.3, 0.4) is 0 Å². The standard InChI is InChI=1S/C10H19N/c1-9(2,3)10(4,5)7-6-8-11/h6-7H2,1-5H3. The largest absolute Gasteiger partial charge is 0.198 e. The molecule has 11 heavy (non-hydrogen) atoms. The minimum Gasteiger partial charge on any atom is -0.198 e. The van der Waals surface area contributed by atoms with Crippen LogP contribution < -0.4 is 0 Å². The highest BCUT2D eigenvalue weighted by molar-refractivity contribution is 4.85. The molecule has 0 aliphatic carbocycles. The molecule has 64 valence electrons. The Morgan fingerprint density at radius 2 is 1.55 bits per heavy atom. The Morgan fingerprint density at radius 3 is 1.82 bits per heavy atom. The van der Waals surface area contributed by atoms with Crippen LogP contribution in [0.1, 0.15) is 47.5 Å². The van der Waals surface area contributed by atoms with Gasteiger partial charge in [0, 0.05) is 6.42 Å². The average molecular weight is 153 g/mol. The van der Waals surface area contributed by atoms with E-state index in [9.17, 15) is 0 Å². The smallest absolute Gasteiger partial charge is 0.0621 e. The molecule has 1 heteroatoms. The molecule has 0 aliphatic heterocycles. The van der Waals surface area contributed by atoms with E-state index in [0.717, 1.165) is 6.42 Å². The molecule has 1 nitrogen and oxygen atoms in total. The molecule has 0 aromatic rings. The van der Waals surface area contributed by atoms with Gasteiger partial charge in [0.05, 0.1) is 6.07 Å². The number of hydrogen-bond acceptors (Lipinski definition) is 1. The van der Waals surface area contributed by atoms with Crippen LogP contribution in [0.2, 0.25) is 0 Å². The molecule has 0 N–H and O–H groups in total. The van der Waals surface area contributed by atoms with E-state index in [4.69, 9.17) is 5.26 Å². The lowest BCUT2D eigenvalue weighted by Gasteiger charge is -2.38. The molecule has 0 amide bonds. The molecule has 0 spiro atoms. The zero-order chi connectivity index (χ0) is 9.12. The molecule has 0 aliphatic rings. The fraction of sp³-hybridized carbons (Fsp3) is 0.900. The van der Waals surface area contributed by atoms with E-state index >= 15 is 0 Å². The van der Waals surface area contributed by atoms with Gasteiger partial charge in [-0.05, 0) is 17.3 Å². The van der Waals surface area contributed by atoms with Crippen molar-refractivity contribution in [2.24, 2.45) is 10.8 Å². The Balaban J connectivity index is 4.13. The van der Waals surface area contributed by atoms with E-state index in [1.165, 1.54) is 0 Å². The molecule has 0 fully saturated rings. The summed E-state index contributed by atoms with van der Waals surface area (Å²) in [5.74, 6) is 0. The first-order valence-corrected chi connectivity index (χ1v) is 4.18. The molecule has 0 atom stereocenters.